The maximum absolute atomic E-state index is 13.3. The van der Waals surface area contributed by atoms with Gasteiger partial charge in [0.15, 0.2) is 5.13 Å². The molecule has 3 rings (SSSR count). The molecule has 0 aliphatic rings. The molecule has 0 N–H and O–H groups in total. The Hall–Kier alpha value is -2.45. The van der Waals surface area contributed by atoms with Crippen molar-refractivity contribution >= 4 is 32.6 Å². The van der Waals surface area contributed by atoms with E-state index in [9.17, 15) is 4.79 Å². The van der Waals surface area contributed by atoms with Crippen LogP contribution in [0.2, 0.25) is 0 Å². The highest BCUT2D eigenvalue weighted by Gasteiger charge is 2.24. The number of aromatic nitrogens is 3. The Kier molecular flexibility index (Phi) is 6.64. The summed E-state index contributed by atoms with van der Waals surface area (Å²) in [6, 6.07) is 7.58. The van der Waals surface area contributed by atoms with Gasteiger partial charge >= 0.3 is 0 Å². The lowest BCUT2D eigenvalue weighted by molar-refractivity contribution is 0.0974. The van der Waals surface area contributed by atoms with E-state index in [-0.39, 0.29) is 5.91 Å². The first kappa shape index (κ1) is 20.3. The number of carbonyl (C=O) groups excluding carboxylic acids is 1. The van der Waals surface area contributed by atoms with Gasteiger partial charge in [0, 0.05) is 26.3 Å². The topological polar surface area (TPSA) is 63.5 Å². The van der Waals surface area contributed by atoms with Crippen LogP contribution in [0.3, 0.4) is 0 Å². The lowest BCUT2D eigenvalue weighted by Gasteiger charge is -2.24. The number of carbonyl (C=O) groups is 1. The standard InChI is InChI=1S/C20H27N5O2S/c1-5-24(6-2)12-13-25(19(26)17-10-11-21-23(17)4)20-22-16-9-8-15(27-7-3)14-18(16)28-20/h8-11,14H,5-7,12-13H2,1-4H3. The number of fused-ring (bicyclic) bond motifs is 1. The van der Waals surface area contributed by atoms with Crippen molar-refractivity contribution in [2.45, 2.75) is 20.8 Å². The van der Waals surface area contributed by atoms with Crippen LogP contribution in [0.1, 0.15) is 31.3 Å². The molecule has 0 saturated heterocycles. The van der Waals surface area contributed by atoms with Gasteiger partial charge in [0.2, 0.25) is 0 Å². The molecule has 2 aromatic heterocycles. The molecule has 3 aromatic rings. The molecule has 2 heterocycles. The number of hydrogen-bond donors (Lipinski definition) is 0. The number of benzene rings is 1. The first-order valence-corrected chi connectivity index (χ1v) is 10.4. The number of rotatable bonds is 9. The second kappa shape index (κ2) is 9.16. The minimum atomic E-state index is -0.0868. The molecule has 7 nitrogen and oxygen atoms in total. The Labute approximate surface area is 169 Å². The van der Waals surface area contributed by atoms with Crippen molar-refractivity contribution in [1.82, 2.24) is 19.7 Å². The molecule has 8 heteroatoms. The Bertz CT molecular complexity index is 932. The van der Waals surface area contributed by atoms with Gasteiger partial charge in [0.05, 0.1) is 16.8 Å². The highest BCUT2D eigenvalue weighted by Crippen LogP contribution is 2.32. The fraction of sp³-hybridized carbons (Fsp3) is 0.450. The SMILES string of the molecule is CCOc1ccc2nc(N(CCN(CC)CC)C(=O)c3ccnn3C)sc2c1. The van der Waals surface area contributed by atoms with Crippen molar-refractivity contribution in [3.8, 4) is 5.75 Å². The van der Waals surface area contributed by atoms with Gasteiger partial charge < -0.3 is 9.64 Å². The smallest absolute Gasteiger partial charge is 0.278 e. The average molecular weight is 402 g/mol. The molecule has 0 unspecified atom stereocenters. The molecule has 0 aliphatic carbocycles. The summed E-state index contributed by atoms with van der Waals surface area (Å²) in [4.78, 5) is 22.0. The molecule has 1 aromatic carbocycles. The minimum absolute atomic E-state index is 0.0868. The normalized spacial score (nSPS) is 11.3. The third kappa shape index (κ3) is 4.34. The van der Waals surface area contributed by atoms with Crippen LogP contribution in [0.15, 0.2) is 30.5 Å². The summed E-state index contributed by atoms with van der Waals surface area (Å²) in [5.41, 5.74) is 1.42. The number of hydrogen-bond acceptors (Lipinski definition) is 6. The molecule has 0 aliphatic heterocycles. The fourth-order valence-electron chi connectivity index (χ4n) is 3.05. The molecule has 0 bridgehead atoms. The van der Waals surface area contributed by atoms with Crippen molar-refractivity contribution in [2.75, 3.05) is 37.7 Å². The first-order valence-electron chi connectivity index (χ1n) is 9.62. The van der Waals surface area contributed by atoms with E-state index in [0.29, 0.717) is 24.0 Å². The summed E-state index contributed by atoms with van der Waals surface area (Å²) in [7, 11) is 1.78. The van der Waals surface area contributed by atoms with Crippen LogP contribution < -0.4 is 9.64 Å². The maximum Gasteiger partial charge on any atom is 0.278 e. The molecule has 0 saturated carbocycles. The zero-order valence-corrected chi connectivity index (χ0v) is 17.7. The van der Waals surface area contributed by atoms with E-state index in [1.165, 1.54) is 11.3 Å². The highest BCUT2D eigenvalue weighted by atomic mass is 32.1. The summed E-state index contributed by atoms with van der Waals surface area (Å²) in [5.74, 6) is 0.731. The number of anilines is 1. The van der Waals surface area contributed by atoms with Crippen LogP contribution in [0, 0.1) is 0 Å². The molecule has 0 atom stereocenters. The molecule has 28 heavy (non-hydrogen) atoms. The molecule has 0 spiro atoms. The van der Waals surface area contributed by atoms with Crippen molar-refractivity contribution in [2.24, 2.45) is 7.05 Å². The van der Waals surface area contributed by atoms with Crippen molar-refractivity contribution < 1.29 is 9.53 Å². The van der Waals surface area contributed by atoms with Gasteiger partial charge in [-0.25, -0.2) is 4.98 Å². The first-order chi connectivity index (χ1) is 13.6. The number of likely N-dealkylation sites (N-methyl/N-ethyl adjacent to an activating group) is 1. The van der Waals surface area contributed by atoms with Gasteiger partial charge in [0.1, 0.15) is 11.4 Å². The van der Waals surface area contributed by atoms with E-state index >= 15 is 0 Å². The molecular weight excluding hydrogens is 374 g/mol. The largest absolute Gasteiger partial charge is 0.494 e. The lowest BCUT2D eigenvalue weighted by atomic mass is 10.3. The summed E-state index contributed by atoms with van der Waals surface area (Å²) < 4.78 is 8.20. The van der Waals surface area contributed by atoms with Crippen LogP contribution in [0.25, 0.3) is 10.2 Å². The summed E-state index contributed by atoms with van der Waals surface area (Å²) >= 11 is 1.51. The Morgan fingerprint density at radius 2 is 1.96 bits per heavy atom. The monoisotopic (exact) mass is 401 g/mol. The number of thiazole rings is 1. The summed E-state index contributed by atoms with van der Waals surface area (Å²) in [5, 5.41) is 4.84. The Morgan fingerprint density at radius 1 is 1.18 bits per heavy atom. The van der Waals surface area contributed by atoms with Crippen LogP contribution >= 0.6 is 11.3 Å². The molecule has 150 valence electrons. The summed E-state index contributed by atoms with van der Waals surface area (Å²) in [6.07, 6.45) is 1.64. The van der Waals surface area contributed by atoms with Gasteiger partial charge in [-0.1, -0.05) is 25.2 Å². The quantitative estimate of drug-likeness (QED) is 0.550. The predicted molar refractivity (Wildman–Crippen MR) is 113 cm³/mol. The van der Waals surface area contributed by atoms with E-state index in [4.69, 9.17) is 9.72 Å². The molecule has 0 fully saturated rings. The number of nitrogens with zero attached hydrogens (tertiary/aromatic N) is 5. The van der Waals surface area contributed by atoms with Crippen molar-refractivity contribution in [3.63, 3.8) is 0 Å². The van der Waals surface area contributed by atoms with Gasteiger partial charge in [0.25, 0.3) is 5.91 Å². The van der Waals surface area contributed by atoms with Gasteiger partial charge in [-0.2, -0.15) is 5.10 Å². The third-order valence-electron chi connectivity index (χ3n) is 4.71. The minimum Gasteiger partial charge on any atom is -0.494 e. The van der Waals surface area contributed by atoms with E-state index in [2.05, 4.69) is 23.8 Å². The molecular formula is C20H27N5O2S. The summed E-state index contributed by atoms with van der Waals surface area (Å²) in [6.45, 7) is 10.1. The lowest BCUT2D eigenvalue weighted by Crippen LogP contribution is -2.39. The fourth-order valence-corrected chi connectivity index (χ4v) is 4.07. The third-order valence-corrected chi connectivity index (χ3v) is 5.75. The van der Waals surface area contributed by atoms with E-state index in [1.54, 1.807) is 28.9 Å². The van der Waals surface area contributed by atoms with E-state index in [1.807, 2.05) is 25.1 Å². The number of aryl methyl sites for hydroxylation is 1. The van der Waals surface area contributed by atoms with E-state index in [0.717, 1.165) is 35.6 Å². The second-order valence-electron chi connectivity index (χ2n) is 6.38. The Balaban J connectivity index is 1.94. The molecule has 0 radical (unpaired) electrons. The van der Waals surface area contributed by atoms with Crippen LogP contribution in [-0.4, -0.2) is 58.4 Å². The maximum atomic E-state index is 13.3. The predicted octanol–water partition coefficient (Wildman–Crippen LogP) is 3.42. The zero-order valence-electron chi connectivity index (χ0n) is 16.9. The van der Waals surface area contributed by atoms with Crippen LogP contribution in [-0.2, 0) is 7.05 Å². The van der Waals surface area contributed by atoms with Crippen molar-refractivity contribution in [3.05, 3.63) is 36.2 Å². The Morgan fingerprint density at radius 3 is 2.61 bits per heavy atom. The van der Waals surface area contributed by atoms with Gasteiger partial charge in [-0.15, -0.1) is 0 Å². The number of amides is 1. The van der Waals surface area contributed by atoms with Gasteiger partial charge in [-0.05, 0) is 44.3 Å². The second-order valence-corrected chi connectivity index (χ2v) is 7.39. The molecule has 1 amide bonds. The highest BCUT2D eigenvalue weighted by molar-refractivity contribution is 7.22. The van der Waals surface area contributed by atoms with Crippen molar-refractivity contribution in [1.29, 1.82) is 0 Å². The number of ether oxygens (including phenoxy) is 1. The zero-order chi connectivity index (χ0) is 20.1. The van der Waals surface area contributed by atoms with Crippen LogP contribution in [0.5, 0.6) is 5.75 Å². The average Bonchev–Trinajstić information content (AvgIpc) is 3.30. The van der Waals surface area contributed by atoms with Crippen LogP contribution in [0.4, 0.5) is 5.13 Å². The van der Waals surface area contributed by atoms with E-state index < -0.39 is 0 Å². The van der Waals surface area contributed by atoms with Gasteiger partial charge in [-0.3, -0.25) is 14.4 Å².